The molecule has 4 aromatic rings. The molecule has 8 atom stereocenters. The van der Waals surface area contributed by atoms with Gasteiger partial charge >= 0.3 is 0 Å². The highest BCUT2D eigenvalue weighted by Crippen LogP contribution is 2.67. The first-order valence-electron chi connectivity index (χ1n) is 16.7. The average molecular weight is 655 g/mol. The van der Waals surface area contributed by atoms with Crippen LogP contribution in [-0.4, -0.2) is 20.2 Å². The number of nitrogens with zero attached hydrogens (tertiary/aromatic N) is 2. The van der Waals surface area contributed by atoms with Crippen LogP contribution in [0.1, 0.15) is 71.3 Å². The first-order chi connectivity index (χ1) is 21.5. The van der Waals surface area contributed by atoms with Gasteiger partial charge in [-0.1, -0.05) is 25.2 Å². The van der Waals surface area contributed by atoms with Crippen LogP contribution in [0.4, 0.5) is 10.0 Å². The Labute approximate surface area is 277 Å². The van der Waals surface area contributed by atoms with Crippen molar-refractivity contribution in [1.29, 1.82) is 0 Å². The van der Waals surface area contributed by atoms with E-state index in [4.69, 9.17) is 8.83 Å². The first-order valence-corrected chi connectivity index (χ1v) is 21.5. The predicted molar refractivity (Wildman–Crippen MR) is 192 cm³/mol. The second-order valence-electron chi connectivity index (χ2n) is 14.9. The second kappa shape index (κ2) is 10.6. The molecule has 236 valence electrons. The number of hydrogen-bond acceptors (Lipinski definition) is 6. The topological polar surface area (TPSA) is 32.8 Å². The van der Waals surface area contributed by atoms with Crippen molar-refractivity contribution in [2.75, 3.05) is 9.80 Å². The van der Waals surface area contributed by atoms with E-state index >= 15 is 0 Å². The Kier molecular flexibility index (Phi) is 7.01. The largest absolute Gasteiger partial charge is 0.466 e. The monoisotopic (exact) mass is 654 g/mol. The zero-order chi connectivity index (χ0) is 31.4. The van der Waals surface area contributed by atoms with Gasteiger partial charge in [-0.05, 0) is 114 Å². The molecule has 45 heavy (non-hydrogen) atoms. The molecule has 8 unspecified atom stereocenters. The number of rotatable bonds is 6. The van der Waals surface area contributed by atoms with E-state index in [0.29, 0.717) is 46.8 Å². The van der Waals surface area contributed by atoms with E-state index in [2.05, 4.69) is 125 Å². The molecule has 2 aliphatic carbocycles. The van der Waals surface area contributed by atoms with E-state index in [9.17, 15) is 0 Å². The Morgan fingerprint density at radius 3 is 1.36 bits per heavy atom. The van der Waals surface area contributed by atoms with Crippen molar-refractivity contribution in [2.24, 2.45) is 11.8 Å². The molecule has 7 heteroatoms. The summed E-state index contributed by atoms with van der Waals surface area (Å²) in [5, 5.41) is 2.79. The third-order valence-electron chi connectivity index (χ3n) is 11.8. The van der Waals surface area contributed by atoms with Crippen LogP contribution in [-0.2, 0) is 0 Å². The van der Waals surface area contributed by atoms with Crippen LogP contribution in [0, 0.1) is 39.5 Å². The Morgan fingerprint density at radius 2 is 1.02 bits per heavy atom. The van der Waals surface area contributed by atoms with Gasteiger partial charge in [0.25, 0.3) is 0 Å². The van der Waals surface area contributed by atoms with Crippen LogP contribution in [0.5, 0.6) is 0 Å². The van der Waals surface area contributed by atoms with Gasteiger partial charge in [0, 0.05) is 56.9 Å². The Balaban J connectivity index is 1.24. The molecule has 0 N–H and O–H groups in total. The molecule has 2 saturated carbocycles. The van der Waals surface area contributed by atoms with Gasteiger partial charge in [0.05, 0.1) is 18.1 Å². The van der Waals surface area contributed by atoms with E-state index in [1.165, 1.54) is 42.7 Å². The zero-order valence-electron chi connectivity index (χ0n) is 27.8. The fraction of sp³-hybridized carbons (Fsp3) is 0.474. The summed E-state index contributed by atoms with van der Waals surface area (Å²) in [7, 11) is -2.05. The average Bonchev–Trinajstić information content (AvgIpc) is 3.79. The maximum atomic E-state index is 6.54. The molecule has 4 aliphatic rings. The van der Waals surface area contributed by atoms with Gasteiger partial charge in [0.2, 0.25) is 0 Å². The summed E-state index contributed by atoms with van der Waals surface area (Å²) in [5.74, 6) is 6.34. The van der Waals surface area contributed by atoms with Crippen LogP contribution >= 0.6 is 22.7 Å². The van der Waals surface area contributed by atoms with E-state index in [0.717, 1.165) is 24.4 Å². The van der Waals surface area contributed by atoms with Crippen LogP contribution in [0.2, 0.25) is 24.2 Å². The van der Waals surface area contributed by atoms with Crippen molar-refractivity contribution in [3.05, 3.63) is 105 Å². The number of fused-ring (bicyclic) bond motifs is 2. The van der Waals surface area contributed by atoms with E-state index < -0.39 is 8.07 Å². The Hall–Kier alpha value is -2.74. The lowest BCUT2D eigenvalue weighted by molar-refractivity contribution is 0.423. The van der Waals surface area contributed by atoms with Gasteiger partial charge < -0.3 is 18.6 Å². The lowest BCUT2D eigenvalue weighted by Gasteiger charge is -2.44. The van der Waals surface area contributed by atoms with Crippen molar-refractivity contribution in [1.82, 2.24) is 0 Å². The number of allylic oxidation sites excluding steroid dienone is 2. The van der Waals surface area contributed by atoms with Crippen molar-refractivity contribution < 1.29 is 8.83 Å². The lowest BCUT2D eigenvalue weighted by atomic mass is 10.00. The Bertz CT molecular complexity index is 1680. The highest BCUT2D eigenvalue weighted by atomic mass is 32.1. The van der Waals surface area contributed by atoms with Gasteiger partial charge in [-0.3, -0.25) is 0 Å². The van der Waals surface area contributed by atoms with Crippen molar-refractivity contribution >= 4 is 40.7 Å². The molecular formula is C38H46N2O2S2Si. The molecule has 4 nitrogen and oxygen atoms in total. The van der Waals surface area contributed by atoms with Crippen molar-refractivity contribution in [2.45, 2.75) is 102 Å². The summed E-state index contributed by atoms with van der Waals surface area (Å²) in [4.78, 5) is 8.12. The minimum absolute atomic E-state index is 0.420. The lowest BCUT2D eigenvalue weighted by Crippen LogP contribution is -2.46. The van der Waals surface area contributed by atoms with Crippen LogP contribution < -0.4 is 9.80 Å². The number of furan rings is 2. The van der Waals surface area contributed by atoms with Gasteiger partial charge in [-0.25, -0.2) is 0 Å². The number of hydrogen-bond donors (Lipinski definition) is 0. The fourth-order valence-corrected chi connectivity index (χ4v) is 18.0. The van der Waals surface area contributed by atoms with Crippen LogP contribution in [0.25, 0.3) is 0 Å². The molecule has 0 aromatic carbocycles. The molecule has 2 aliphatic heterocycles. The maximum absolute atomic E-state index is 6.54. The Morgan fingerprint density at radius 1 is 0.600 bits per heavy atom. The molecule has 0 radical (unpaired) electrons. The standard InChI is InChI=1S/C38H46N2O2S2Si/c1-21-17-27-31(39(21)35-15-11-25(5)43-35)19-29(33-13-9-23(3)41-33)37(27)45(7,8)38-28-18-22(2)40(36-16-12-26(6)44-36)32(28)20-30(38)34-14-10-24(4)42-34/h9-18,27-32,37-38H,19-20H2,1-8H3. The maximum Gasteiger partial charge on any atom is 0.107 e. The molecule has 4 aromatic heterocycles. The summed E-state index contributed by atoms with van der Waals surface area (Å²) in [6.45, 7) is 18.8. The fourth-order valence-electron chi connectivity index (χ4n) is 10.3. The minimum atomic E-state index is -2.05. The molecule has 0 amide bonds. The van der Waals surface area contributed by atoms with E-state index in [-0.39, 0.29) is 0 Å². The number of thiophene rings is 2. The van der Waals surface area contributed by atoms with Gasteiger partial charge in [-0.15, -0.1) is 22.7 Å². The van der Waals surface area contributed by atoms with Crippen LogP contribution in [0.3, 0.4) is 0 Å². The van der Waals surface area contributed by atoms with E-state index in [1.54, 1.807) is 0 Å². The summed E-state index contributed by atoms with van der Waals surface area (Å²) >= 11 is 3.87. The molecule has 0 spiro atoms. The summed E-state index contributed by atoms with van der Waals surface area (Å²) in [6, 6.07) is 19.1. The zero-order valence-corrected chi connectivity index (χ0v) is 30.5. The number of anilines is 2. The normalized spacial score (nSPS) is 31.1. The van der Waals surface area contributed by atoms with Gasteiger partial charge in [-0.2, -0.15) is 0 Å². The number of aryl methyl sites for hydroxylation is 4. The molecule has 2 fully saturated rings. The van der Waals surface area contributed by atoms with E-state index in [1.807, 2.05) is 22.7 Å². The second-order valence-corrected chi connectivity index (χ2v) is 22.4. The van der Waals surface area contributed by atoms with Crippen molar-refractivity contribution in [3.8, 4) is 0 Å². The molecule has 6 heterocycles. The molecule has 8 rings (SSSR count). The predicted octanol–water partition coefficient (Wildman–Crippen LogP) is 11.2. The minimum Gasteiger partial charge on any atom is -0.466 e. The van der Waals surface area contributed by atoms with Gasteiger partial charge in [0.15, 0.2) is 0 Å². The summed E-state index contributed by atoms with van der Waals surface area (Å²) in [6.07, 6.45) is 7.60. The quantitative estimate of drug-likeness (QED) is 0.194. The SMILES string of the molecule is CC1=CC2C(CC(c3ccc(C)o3)C2[Si](C)(C)C2C(c3ccc(C)o3)CC3C2C=C(C)N3c2ccc(C)s2)N1c1ccc(C)s1. The summed E-state index contributed by atoms with van der Waals surface area (Å²) in [5.41, 5.74) is 3.99. The molecular weight excluding hydrogens is 609 g/mol. The van der Waals surface area contributed by atoms with Crippen LogP contribution in [0.15, 0.2) is 80.9 Å². The first kappa shape index (κ1) is 29.6. The third-order valence-corrected chi connectivity index (χ3v) is 18.8. The summed E-state index contributed by atoms with van der Waals surface area (Å²) < 4.78 is 13.1. The molecule has 0 bridgehead atoms. The smallest absolute Gasteiger partial charge is 0.107 e. The van der Waals surface area contributed by atoms with Gasteiger partial charge in [0.1, 0.15) is 23.0 Å². The molecule has 0 saturated heterocycles. The highest BCUT2D eigenvalue weighted by molar-refractivity contribution is 7.16. The highest BCUT2D eigenvalue weighted by Gasteiger charge is 2.63. The third kappa shape index (κ3) is 4.62. The van der Waals surface area contributed by atoms with Crippen molar-refractivity contribution in [3.63, 3.8) is 0 Å².